The van der Waals surface area contributed by atoms with Gasteiger partial charge < -0.3 is 26.3 Å². The van der Waals surface area contributed by atoms with E-state index < -0.39 is 8.80 Å². The smallest absolute Gasteiger partial charge is 0.139 e. The molecule has 6 heteroatoms. The summed E-state index contributed by atoms with van der Waals surface area (Å²) in [4.78, 5) is 0. The SMILES string of the molecule is CCOC(OCC)[Si](CCN)CCCNCCN. The Morgan fingerprint density at radius 3 is 2.17 bits per heavy atom. The first-order chi connectivity index (χ1) is 8.79. The lowest BCUT2D eigenvalue weighted by atomic mass is 10.5. The molecule has 0 aromatic carbocycles. The first-order valence-electron chi connectivity index (χ1n) is 6.98. The second kappa shape index (κ2) is 13.4. The predicted octanol–water partition coefficient (Wildman–Crippen LogP) is 0.317. The summed E-state index contributed by atoms with van der Waals surface area (Å²) >= 11 is 0. The molecule has 5 N–H and O–H groups in total. The minimum atomic E-state index is -0.687. The molecule has 0 spiro atoms. The Bertz CT molecular complexity index is 169. The fraction of sp³-hybridized carbons (Fsp3) is 1.00. The van der Waals surface area contributed by atoms with Gasteiger partial charge in [0.2, 0.25) is 0 Å². The van der Waals surface area contributed by atoms with Gasteiger partial charge in [-0.05, 0) is 39.4 Å². The van der Waals surface area contributed by atoms with Crippen LogP contribution in [0.5, 0.6) is 0 Å². The van der Waals surface area contributed by atoms with E-state index >= 15 is 0 Å². The van der Waals surface area contributed by atoms with Gasteiger partial charge in [-0.15, -0.1) is 0 Å². The molecule has 5 nitrogen and oxygen atoms in total. The van der Waals surface area contributed by atoms with Crippen molar-refractivity contribution in [3.05, 3.63) is 0 Å². The first-order valence-corrected chi connectivity index (χ1v) is 8.97. The molecule has 0 rings (SSSR count). The Balaban J connectivity index is 3.98. The van der Waals surface area contributed by atoms with Crippen LogP contribution >= 0.6 is 0 Å². The largest absolute Gasteiger partial charge is 0.357 e. The number of nitrogens with one attached hydrogen (secondary N) is 1. The summed E-state index contributed by atoms with van der Waals surface area (Å²) in [5.41, 5.74) is 11.1. The Labute approximate surface area is 113 Å². The third-order valence-corrected chi connectivity index (χ3v) is 5.53. The van der Waals surface area contributed by atoms with Gasteiger partial charge in [-0.2, -0.15) is 0 Å². The van der Waals surface area contributed by atoms with Gasteiger partial charge in [-0.25, -0.2) is 0 Å². The molecule has 0 unspecified atom stereocenters. The van der Waals surface area contributed by atoms with Crippen molar-refractivity contribution in [2.45, 2.75) is 38.3 Å². The van der Waals surface area contributed by atoms with Crippen LogP contribution in [-0.4, -0.2) is 54.1 Å². The molecule has 0 saturated carbocycles. The van der Waals surface area contributed by atoms with Gasteiger partial charge in [0.1, 0.15) is 14.7 Å². The molecule has 0 amide bonds. The molecule has 18 heavy (non-hydrogen) atoms. The quantitative estimate of drug-likeness (QED) is 0.256. The maximum absolute atomic E-state index is 5.70. The minimum absolute atomic E-state index is 0.0111. The molecular formula is C12H30N3O2Si. The molecule has 1 radical (unpaired) electrons. The summed E-state index contributed by atoms with van der Waals surface area (Å²) in [6.07, 6.45) is 1.14. The molecule has 0 aliphatic carbocycles. The summed E-state index contributed by atoms with van der Waals surface area (Å²) in [6.45, 7) is 8.75. The van der Waals surface area contributed by atoms with Crippen LogP contribution in [0, 0.1) is 0 Å². The van der Waals surface area contributed by atoms with Crippen molar-refractivity contribution in [3.63, 3.8) is 0 Å². The summed E-state index contributed by atoms with van der Waals surface area (Å²) in [7, 11) is -0.687. The highest BCUT2D eigenvalue weighted by Crippen LogP contribution is 2.11. The number of ether oxygens (including phenoxy) is 2. The van der Waals surface area contributed by atoms with Crippen LogP contribution < -0.4 is 16.8 Å². The maximum Gasteiger partial charge on any atom is 0.139 e. The van der Waals surface area contributed by atoms with Crippen LogP contribution in [-0.2, 0) is 9.47 Å². The predicted molar refractivity (Wildman–Crippen MR) is 78.0 cm³/mol. The number of rotatable bonds is 13. The first kappa shape index (κ1) is 18.0. The highest BCUT2D eigenvalue weighted by atomic mass is 28.3. The van der Waals surface area contributed by atoms with Gasteiger partial charge in [0.25, 0.3) is 0 Å². The van der Waals surface area contributed by atoms with E-state index in [1.165, 1.54) is 6.04 Å². The van der Waals surface area contributed by atoms with E-state index in [1.807, 2.05) is 13.8 Å². The molecule has 0 heterocycles. The van der Waals surface area contributed by atoms with Crippen molar-refractivity contribution in [2.24, 2.45) is 11.5 Å². The third kappa shape index (κ3) is 9.01. The number of hydrogen-bond donors (Lipinski definition) is 3. The van der Waals surface area contributed by atoms with E-state index in [9.17, 15) is 0 Å². The fourth-order valence-corrected chi connectivity index (χ4v) is 4.33. The van der Waals surface area contributed by atoms with E-state index in [1.54, 1.807) is 0 Å². The van der Waals surface area contributed by atoms with E-state index in [0.29, 0.717) is 19.8 Å². The standard InChI is InChI=1S/C12H30N3O2Si/c1-3-16-12(17-4-2)18(11-7-14)10-5-8-15-9-6-13/h12,15H,3-11,13-14H2,1-2H3. The average Bonchev–Trinajstić information content (AvgIpc) is 2.37. The summed E-state index contributed by atoms with van der Waals surface area (Å²) in [5.74, 6) is -0.0111. The highest BCUT2D eigenvalue weighted by Gasteiger charge is 2.23. The molecule has 0 atom stereocenters. The molecule has 0 aromatic heterocycles. The zero-order chi connectivity index (χ0) is 13.6. The van der Waals surface area contributed by atoms with Crippen LogP contribution in [0.15, 0.2) is 0 Å². The van der Waals surface area contributed by atoms with Crippen LogP contribution in [0.2, 0.25) is 12.1 Å². The average molecular weight is 276 g/mol. The van der Waals surface area contributed by atoms with E-state index in [4.69, 9.17) is 20.9 Å². The third-order valence-electron chi connectivity index (χ3n) is 2.61. The van der Waals surface area contributed by atoms with Crippen molar-refractivity contribution < 1.29 is 9.47 Å². The maximum atomic E-state index is 5.70. The minimum Gasteiger partial charge on any atom is -0.357 e. The molecule has 0 aromatic rings. The molecule has 0 bridgehead atoms. The van der Waals surface area contributed by atoms with Crippen molar-refractivity contribution in [1.29, 1.82) is 0 Å². The van der Waals surface area contributed by atoms with Crippen LogP contribution in [0.4, 0.5) is 0 Å². The van der Waals surface area contributed by atoms with Crippen LogP contribution in [0.3, 0.4) is 0 Å². The Kier molecular flexibility index (Phi) is 13.5. The van der Waals surface area contributed by atoms with Gasteiger partial charge in [0, 0.05) is 26.3 Å². The monoisotopic (exact) mass is 276 g/mol. The molecule has 0 saturated heterocycles. The van der Waals surface area contributed by atoms with Gasteiger partial charge in [0.05, 0.1) is 0 Å². The number of hydrogen-bond acceptors (Lipinski definition) is 5. The molecule has 109 valence electrons. The molecule has 0 aliphatic heterocycles. The zero-order valence-corrected chi connectivity index (χ0v) is 12.9. The van der Waals surface area contributed by atoms with E-state index in [0.717, 1.165) is 32.1 Å². The Morgan fingerprint density at radius 2 is 1.67 bits per heavy atom. The molecule has 0 fully saturated rings. The fourth-order valence-electron chi connectivity index (χ4n) is 1.80. The molecular weight excluding hydrogens is 246 g/mol. The highest BCUT2D eigenvalue weighted by molar-refractivity contribution is 6.59. The van der Waals surface area contributed by atoms with Crippen molar-refractivity contribution in [2.75, 3.05) is 39.4 Å². The summed E-state index contributed by atoms with van der Waals surface area (Å²) < 4.78 is 11.4. The van der Waals surface area contributed by atoms with E-state index in [2.05, 4.69) is 5.32 Å². The lowest BCUT2D eigenvalue weighted by molar-refractivity contribution is -0.0858. The summed E-state index contributed by atoms with van der Waals surface area (Å²) in [6, 6.07) is 2.22. The van der Waals surface area contributed by atoms with Crippen molar-refractivity contribution in [3.8, 4) is 0 Å². The normalized spacial score (nSPS) is 11.7. The Morgan fingerprint density at radius 1 is 1.00 bits per heavy atom. The topological polar surface area (TPSA) is 82.5 Å². The van der Waals surface area contributed by atoms with Crippen LogP contribution in [0.25, 0.3) is 0 Å². The van der Waals surface area contributed by atoms with E-state index in [-0.39, 0.29) is 5.91 Å². The second-order valence-corrected chi connectivity index (χ2v) is 6.87. The van der Waals surface area contributed by atoms with Crippen molar-refractivity contribution >= 4 is 8.80 Å². The lowest BCUT2D eigenvalue weighted by Crippen LogP contribution is -2.38. The van der Waals surface area contributed by atoms with Crippen LogP contribution in [0.1, 0.15) is 20.3 Å². The lowest BCUT2D eigenvalue weighted by Gasteiger charge is -2.25. The number of nitrogens with two attached hydrogens (primary N) is 2. The van der Waals surface area contributed by atoms with Gasteiger partial charge in [-0.3, -0.25) is 0 Å². The zero-order valence-electron chi connectivity index (χ0n) is 11.9. The van der Waals surface area contributed by atoms with Gasteiger partial charge >= 0.3 is 0 Å². The van der Waals surface area contributed by atoms with Gasteiger partial charge in [-0.1, -0.05) is 6.04 Å². The van der Waals surface area contributed by atoms with Gasteiger partial charge in [0.15, 0.2) is 0 Å². The Hall–Kier alpha value is 0.0169. The molecule has 0 aliphatic rings. The summed E-state index contributed by atoms with van der Waals surface area (Å²) in [5, 5.41) is 3.31. The van der Waals surface area contributed by atoms with Crippen molar-refractivity contribution in [1.82, 2.24) is 5.32 Å². The second-order valence-electron chi connectivity index (χ2n) is 4.08.